The van der Waals surface area contributed by atoms with Crippen molar-refractivity contribution in [3.05, 3.63) is 53.2 Å². The molecule has 9 heteroatoms. The van der Waals surface area contributed by atoms with Gasteiger partial charge in [0.25, 0.3) is 11.1 Å². The summed E-state index contributed by atoms with van der Waals surface area (Å²) in [5.41, 5.74) is 1.19. The molecule has 0 radical (unpaired) electrons. The summed E-state index contributed by atoms with van der Waals surface area (Å²) in [5, 5.41) is 2.16. The van der Waals surface area contributed by atoms with Crippen molar-refractivity contribution in [3.63, 3.8) is 0 Å². The summed E-state index contributed by atoms with van der Waals surface area (Å²) in [5.74, 6) is 0.131. The summed E-state index contributed by atoms with van der Waals surface area (Å²) in [4.78, 5) is 41.9. The maximum absolute atomic E-state index is 12.4. The van der Waals surface area contributed by atoms with Crippen LogP contribution < -0.4 is 14.8 Å². The lowest BCUT2D eigenvalue weighted by Crippen LogP contribution is -2.36. The number of nitrogens with zero attached hydrogens (tertiary/aromatic N) is 2. The Hall–Kier alpha value is -3.33. The number of rotatable bonds is 4. The molecular weight excluding hydrogens is 370 g/mol. The molecule has 1 aromatic carbocycles. The van der Waals surface area contributed by atoms with Gasteiger partial charge in [0.2, 0.25) is 12.7 Å². The fourth-order valence-corrected chi connectivity index (χ4v) is 3.41. The van der Waals surface area contributed by atoms with E-state index < -0.39 is 17.1 Å². The van der Waals surface area contributed by atoms with Gasteiger partial charge in [0, 0.05) is 24.1 Å². The standard InChI is InChI=1S/C18H13N3O5S/c22-16(20-12-3-4-13-14(7-12)26-10-25-13)9-21-17(23)15(27-18(21)24)6-11-2-1-5-19-8-11/h1-8H,9-10H2,(H,20,22)/b15-6+. The number of carbonyl (C=O) groups is 3. The summed E-state index contributed by atoms with van der Waals surface area (Å²) >= 11 is 0.795. The number of aromatic nitrogens is 1. The second-order valence-corrected chi connectivity index (χ2v) is 6.66. The number of hydrogen-bond acceptors (Lipinski definition) is 7. The molecule has 8 nitrogen and oxygen atoms in total. The van der Waals surface area contributed by atoms with Crippen molar-refractivity contribution in [1.82, 2.24) is 9.88 Å². The number of nitrogens with one attached hydrogen (secondary N) is 1. The average molecular weight is 383 g/mol. The Morgan fingerprint density at radius 2 is 2.11 bits per heavy atom. The first-order valence-corrected chi connectivity index (χ1v) is 8.77. The summed E-state index contributed by atoms with van der Waals surface area (Å²) in [6, 6.07) is 8.45. The molecular formula is C18H13N3O5S. The molecule has 2 aliphatic heterocycles. The van der Waals surface area contributed by atoms with Gasteiger partial charge in [-0.05, 0) is 41.6 Å². The molecule has 0 atom stereocenters. The third kappa shape index (κ3) is 3.63. The Balaban J connectivity index is 1.43. The third-order valence-corrected chi connectivity index (χ3v) is 4.72. The highest BCUT2D eigenvalue weighted by Gasteiger charge is 2.36. The first kappa shape index (κ1) is 17.1. The van der Waals surface area contributed by atoms with E-state index in [0.29, 0.717) is 22.7 Å². The second-order valence-electron chi connectivity index (χ2n) is 5.67. The van der Waals surface area contributed by atoms with Crippen LogP contribution in [-0.4, -0.2) is 40.3 Å². The minimum Gasteiger partial charge on any atom is -0.454 e. The minimum absolute atomic E-state index is 0.132. The highest BCUT2D eigenvalue weighted by atomic mass is 32.2. The molecule has 136 valence electrons. The molecule has 27 heavy (non-hydrogen) atoms. The lowest BCUT2D eigenvalue weighted by Gasteiger charge is -2.12. The van der Waals surface area contributed by atoms with Crippen LogP contribution in [0, 0.1) is 0 Å². The van der Waals surface area contributed by atoms with E-state index in [1.165, 1.54) is 0 Å². The average Bonchev–Trinajstić information content (AvgIpc) is 3.22. The molecule has 0 aliphatic carbocycles. The molecule has 2 aromatic rings. The number of benzene rings is 1. The van der Waals surface area contributed by atoms with Crippen molar-refractivity contribution in [1.29, 1.82) is 0 Å². The topological polar surface area (TPSA) is 97.8 Å². The zero-order valence-corrected chi connectivity index (χ0v) is 14.7. The van der Waals surface area contributed by atoms with Crippen LogP contribution in [0.3, 0.4) is 0 Å². The molecule has 0 bridgehead atoms. The summed E-state index contributed by atoms with van der Waals surface area (Å²) < 4.78 is 10.5. The van der Waals surface area contributed by atoms with Gasteiger partial charge in [0.05, 0.1) is 4.91 Å². The van der Waals surface area contributed by atoms with Crippen molar-refractivity contribution >= 4 is 40.6 Å². The van der Waals surface area contributed by atoms with Crippen molar-refractivity contribution in [2.45, 2.75) is 0 Å². The van der Waals surface area contributed by atoms with Crippen LogP contribution >= 0.6 is 11.8 Å². The molecule has 1 aromatic heterocycles. The Morgan fingerprint density at radius 3 is 2.93 bits per heavy atom. The van der Waals surface area contributed by atoms with E-state index in [-0.39, 0.29) is 18.2 Å². The smallest absolute Gasteiger partial charge is 0.294 e. The molecule has 1 saturated heterocycles. The van der Waals surface area contributed by atoms with Gasteiger partial charge >= 0.3 is 0 Å². The third-order valence-electron chi connectivity index (χ3n) is 3.81. The van der Waals surface area contributed by atoms with Crippen molar-refractivity contribution in [2.24, 2.45) is 0 Å². The first-order chi connectivity index (χ1) is 13.1. The highest BCUT2D eigenvalue weighted by molar-refractivity contribution is 8.18. The van der Waals surface area contributed by atoms with Crippen molar-refractivity contribution < 1.29 is 23.9 Å². The first-order valence-electron chi connectivity index (χ1n) is 7.95. The molecule has 2 aliphatic rings. The summed E-state index contributed by atoms with van der Waals surface area (Å²) in [6.07, 6.45) is 4.78. The predicted octanol–water partition coefficient (Wildman–Crippen LogP) is 2.49. The van der Waals surface area contributed by atoms with Crippen LogP contribution in [0.25, 0.3) is 6.08 Å². The van der Waals surface area contributed by atoms with Crippen molar-refractivity contribution in [3.8, 4) is 11.5 Å². The van der Waals surface area contributed by atoms with E-state index in [9.17, 15) is 14.4 Å². The van der Waals surface area contributed by atoms with Crippen LogP contribution in [0.1, 0.15) is 5.56 Å². The normalized spacial score (nSPS) is 16.9. The molecule has 3 heterocycles. The number of hydrogen-bond donors (Lipinski definition) is 1. The second kappa shape index (κ2) is 7.12. The molecule has 0 saturated carbocycles. The van der Waals surface area contributed by atoms with Crippen LogP contribution in [0.4, 0.5) is 10.5 Å². The zero-order valence-electron chi connectivity index (χ0n) is 13.9. The Morgan fingerprint density at radius 1 is 1.26 bits per heavy atom. The Kier molecular flexibility index (Phi) is 4.51. The molecule has 4 rings (SSSR count). The van der Waals surface area contributed by atoms with Gasteiger partial charge in [-0.25, -0.2) is 0 Å². The van der Waals surface area contributed by atoms with E-state index in [4.69, 9.17) is 9.47 Å². The zero-order chi connectivity index (χ0) is 18.8. The number of imide groups is 1. The maximum atomic E-state index is 12.4. The number of carbonyl (C=O) groups excluding carboxylic acids is 3. The Bertz CT molecular complexity index is 961. The number of fused-ring (bicyclic) bond motifs is 1. The van der Waals surface area contributed by atoms with E-state index in [2.05, 4.69) is 10.3 Å². The van der Waals surface area contributed by atoms with Crippen LogP contribution in [0.15, 0.2) is 47.6 Å². The summed E-state index contributed by atoms with van der Waals surface area (Å²) in [6.45, 7) is -0.240. The number of ether oxygens (including phenoxy) is 2. The van der Waals surface area contributed by atoms with Gasteiger partial charge in [0.15, 0.2) is 11.5 Å². The van der Waals surface area contributed by atoms with Crippen LogP contribution in [0.5, 0.6) is 11.5 Å². The van der Waals surface area contributed by atoms with Gasteiger partial charge in [0.1, 0.15) is 6.54 Å². The SMILES string of the molecule is O=C(CN1C(=O)S/C(=C/c2cccnc2)C1=O)Nc1ccc2c(c1)OCO2. The van der Waals surface area contributed by atoms with E-state index in [1.54, 1.807) is 48.8 Å². The van der Waals surface area contributed by atoms with E-state index in [1.807, 2.05) is 0 Å². The van der Waals surface area contributed by atoms with E-state index in [0.717, 1.165) is 16.7 Å². The van der Waals surface area contributed by atoms with Gasteiger partial charge in [-0.15, -0.1) is 0 Å². The number of anilines is 1. The van der Waals surface area contributed by atoms with E-state index >= 15 is 0 Å². The lowest BCUT2D eigenvalue weighted by molar-refractivity contribution is -0.127. The fourth-order valence-electron chi connectivity index (χ4n) is 2.57. The lowest BCUT2D eigenvalue weighted by atomic mass is 10.2. The maximum Gasteiger partial charge on any atom is 0.294 e. The molecule has 1 N–H and O–H groups in total. The predicted molar refractivity (Wildman–Crippen MR) is 98.1 cm³/mol. The van der Waals surface area contributed by atoms with Gasteiger partial charge in [-0.2, -0.15) is 0 Å². The van der Waals surface area contributed by atoms with Crippen LogP contribution in [-0.2, 0) is 9.59 Å². The molecule has 1 fully saturated rings. The van der Waals surface area contributed by atoms with Gasteiger partial charge in [-0.3, -0.25) is 24.3 Å². The number of pyridine rings is 1. The van der Waals surface area contributed by atoms with Gasteiger partial charge in [-0.1, -0.05) is 6.07 Å². The quantitative estimate of drug-likeness (QED) is 0.810. The number of amides is 3. The molecule has 3 amide bonds. The summed E-state index contributed by atoms with van der Waals surface area (Å²) in [7, 11) is 0. The highest BCUT2D eigenvalue weighted by Crippen LogP contribution is 2.34. The van der Waals surface area contributed by atoms with Crippen molar-refractivity contribution in [2.75, 3.05) is 18.7 Å². The monoisotopic (exact) mass is 383 g/mol. The van der Waals surface area contributed by atoms with Crippen LogP contribution in [0.2, 0.25) is 0 Å². The fraction of sp³-hybridized carbons (Fsp3) is 0.111. The Labute approximate surface area is 158 Å². The van der Waals surface area contributed by atoms with Gasteiger partial charge < -0.3 is 14.8 Å². The number of thioether (sulfide) groups is 1. The molecule has 0 unspecified atom stereocenters. The minimum atomic E-state index is -0.505. The largest absolute Gasteiger partial charge is 0.454 e. The molecule has 0 spiro atoms.